The Bertz CT molecular complexity index is 1030. The van der Waals surface area contributed by atoms with Crippen molar-refractivity contribution >= 4 is 17.5 Å². The van der Waals surface area contributed by atoms with Gasteiger partial charge in [-0.1, -0.05) is 17.7 Å². The summed E-state index contributed by atoms with van der Waals surface area (Å²) < 4.78 is 11.2. The van der Waals surface area contributed by atoms with E-state index in [1.807, 2.05) is 17.0 Å². The number of piperazine rings is 1. The van der Waals surface area contributed by atoms with Gasteiger partial charge in [-0.2, -0.15) is 0 Å². The summed E-state index contributed by atoms with van der Waals surface area (Å²) in [4.78, 5) is 17.8. The number of methoxy groups -OCH3 is 1. The van der Waals surface area contributed by atoms with Crippen LogP contribution in [-0.4, -0.2) is 74.8 Å². The van der Waals surface area contributed by atoms with Gasteiger partial charge in [0.2, 0.25) is 0 Å². The standard InChI is InChI=1S/C30H42ClN3O3/c1-22-23(2)29(37-19-5-4-15-32-16-20-36-3)14-13-27(22)28-8-6-7-26-21-33(17-18-34(26)28)30(35)24-9-11-25(31)12-10-24/h9-14,26,28,32H,4-8,15-21H2,1-3H3/t26-,28?/m0/s1. The largest absolute Gasteiger partial charge is 0.493 e. The molecule has 2 aromatic carbocycles. The smallest absolute Gasteiger partial charge is 0.253 e. The summed E-state index contributed by atoms with van der Waals surface area (Å²) in [6.07, 6.45) is 5.61. The molecule has 2 aliphatic rings. The van der Waals surface area contributed by atoms with Gasteiger partial charge in [-0.05, 0) is 99.5 Å². The summed E-state index contributed by atoms with van der Waals surface area (Å²) in [5.41, 5.74) is 4.71. The number of piperidine rings is 1. The minimum atomic E-state index is 0.109. The molecule has 0 aliphatic carbocycles. The molecule has 1 N–H and O–H groups in total. The molecule has 37 heavy (non-hydrogen) atoms. The van der Waals surface area contributed by atoms with Crippen LogP contribution in [0.2, 0.25) is 5.02 Å². The van der Waals surface area contributed by atoms with Crippen LogP contribution in [0.5, 0.6) is 5.75 Å². The number of rotatable bonds is 11. The van der Waals surface area contributed by atoms with Crippen molar-refractivity contribution in [2.24, 2.45) is 0 Å². The van der Waals surface area contributed by atoms with E-state index in [-0.39, 0.29) is 5.91 Å². The predicted octanol–water partition coefficient (Wildman–Crippen LogP) is 5.40. The van der Waals surface area contributed by atoms with Crippen molar-refractivity contribution in [2.45, 2.75) is 58.0 Å². The molecule has 2 heterocycles. The molecule has 202 valence electrons. The number of benzene rings is 2. The molecule has 2 fully saturated rings. The molecule has 1 unspecified atom stereocenters. The fraction of sp³-hybridized carbons (Fsp3) is 0.567. The fourth-order valence-corrected chi connectivity index (χ4v) is 5.84. The number of amides is 1. The van der Waals surface area contributed by atoms with Crippen LogP contribution in [0, 0.1) is 13.8 Å². The van der Waals surface area contributed by atoms with E-state index in [9.17, 15) is 4.79 Å². The van der Waals surface area contributed by atoms with E-state index < -0.39 is 0 Å². The van der Waals surface area contributed by atoms with Gasteiger partial charge in [0.1, 0.15) is 5.75 Å². The van der Waals surface area contributed by atoms with Crippen molar-refractivity contribution in [1.29, 1.82) is 0 Å². The van der Waals surface area contributed by atoms with Crippen LogP contribution in [0.25, 0.3) is 0 Å². The monoisotopic (exact) mass is 527 g/mol. The molecule has 0 spiro atoms. The van der Waals surface area contributed by atoms with E-state index >= 15 is 0 Å². The number of carbonyl (C=O) groups is 1. The zero-order chi connectivity index (χ0) is 26.2. The van der Waals surface area contributed by atoms with Crippen LogP contribution in [0.1, 0.15) is 65.2 Å². The van der Waals surface area contributed by atoms with Crippen LogP contribution < -0.4 is 10.1 Å². The van der Waals surface area contributed by atoms with E-state index in [4.69, 9.17) is 21.1 Å². The van der Waals surface area contributed by atoms with Gasteiger partial charge in [0, 0.05) is 56.0 Å². The molecule has 7 heteroatoms. The maximum absolute atomic E-state index is 13.1. The van der Waals surface area contributed by atoms with Crippen LogP contribution in [-0.2, 0) is 4.74 Å². The molecule has 2 aromatic rings. The minimum absolute atomic E-state index is 0.109. The molecular formula is C30H42ClN3O3. The average molecular weight is 528 g/mol. The lowest BCUT2D eigenvalue weighted by Crippen LogP contribution is -2.57. The van der Waals surface area contributed by atoms with Crippen LogP contribution >= 0.6 is 11.6 Å². The van der Waals surface area contributed by atoms with Crippen molar-refractivity contribution in [2.75, 3.05) is 53.0 Å². The molecule has 1 amide bonds. The highest BCUT2D eigenvalue weighted by atomic mass is 35.5. The quantitative estimate of drug-likeness (QED) is 0.396. The van der Waals surface area contributed by atoms with Gasteiger partial charge in [-0.25, -0.2) is 0 Å². The summed E-state index contributed by atoms with van der Waals surface area (Å²) in [6, 6.07) is 12.5. The Labute approximate surface area is 227 Å². The first-order chi connectivity index (χ1) is 18.0. The zero-order valence-electron chi connectivity index (χ0n) is 22.6. The number of carbonyl (C=O) groups excluding carboxylic acids is 1. The highest BCUT2D eigenvalue weighted by Gasteiger charge is 2.37. The first kappa shape index (κ1) is 27.9. The van der Waals surface area contributed by atoms with Crippen molar-refractivity contribution in [3.8, 4) is 5.75 Å². The van der Waals surface area contributed by atoms with Crippen LogP contribution in [0.4, 0.5) is 0 Å². The van der Waals surface area contributed by atoms with E-state index in [1.54, 1.807) is 19.2 Å². The van der Waals surface area contributed by atoms with E-state index in [0.29, 0.717) is 17.1 Å². The molecule has 6 nitrogen and oxygen atoms in total. The number of nitrogens with one attached hydrogen (secondary N) is 1. The molecule has 2 aliphatic heterocycles. The second-order valence-corrected chi connectivity index (χ2v) is 10.7. The number of unbranched alkanes of at least 4 members (excludes halogenated alkanes) is 1. The molecule has 0 bridgehead atoms. The summed E-state index contributed by atoms with van der Waals surface area (Å²) in [5, 5.41) is 4.04. The Morgan fingerprint density at radius 2 is 1.81 bits per heavy atom. The first-order valence-corrected chi connectivity index (χ1v) is 14.1. The van der Waals surface area contributed by atoms with E-state index in [1.165, 1.54) is 23.1 Å². The van der Waals surface area contributed by atoms with Crippen molar-refractivity contribution in [3.05, 3.63) is 63.7 Å². The molecule has 0 saturated carbocycles. The second kappa shape index (κ2) is 13.6. The first-order valence-electron chi connectivity index (χ1n) is 13.7. The van der Waals surface area contributed by atoms with Gasteiger partial charge >= 0.3 is 0 Å². The van der Waals surface area contributed by atoms with Gasteiger partial charge in [-0.15, -0.1) is 0 Å². The van der Waals surface area contributed by atoms with Gasteiger partial charge in [0.15, 0.2) is 0 Å². The number of hydrogen-bond donors (Lipinski definition) is 1. The Balaban J connectivity index is 1.34. The third-order valence-electron chi connectivity index (χ3n) is 7.95. The SMILES string of the molecule is COCCNCCCCOc1ccc(C2CCC[C@H]3CN(C(=O)c4ccc(Cl)cc4)CCN23)c(C)c1C. The summed E-state index contributed by atoms with van der Waals surface area (Å²) in [6.45, 7) is 10.2. The molecule has 4 rings (SSSR count). The van der Waals surface area contributed by atoms with Crippen LogP contribution in [0.3, 0.4) is 0 Å². The number of nitrogens with zero attached hydrogens (tertiary/aromatic N) is 2. The lowest BCUT2D eigenvalue weighted by atomic mass is 9.86. The minimum Gasteiger partial charge on any atom is -0.493 e. The topological polar surface area (TPSA) is 54.0 Å². The highest BCUT2D eigenvalue weighted by molar-refractivity contribution is 6.30. The Morgan fingerprint density at radius 1 is 1.00 bits per heavy atom. The normalized spacial score (nSPS) is 20.1. The summed E-state index contributed by atoms with van der Waals surface area (Å²) in [7, 11) is 1.73. The van der Waals surface area contributed by atoms with E-state index in [0.717, 1.165) is 82.9 Å². The molecule has 0 radical (unpaired) electrons. The maximum atomic E-state index is 13.1. The lowest BCUT2D eigenvalue weighted by Gasteiger charge is -2.48. The lowest BCUT2D eigenvalue weighted by molar-refractivity contribution is 0.0101. The number of ether oxygens (including phenoxy) is 2. The predicted molar refractivity (Wildman–Crippen MR) is 150 cm³/mol. The Kier molecular flexibility index (Phi) is 10.3. The molecule has 2 atom stereocenters. The average Bonchev–Trinajstić information content (AvgIpc) is 2.92. The maximum Gasteiger partial charge on any atom is 0.253 e. The Hall–Kier alpha value is -2.12. The number of fused-ring (bicyclic) bond motifs is 1. The summed E-state index contributed by atoms with van der Waals surface area (Å²) in [5.74, 6) is 1.11. The fourth-order valence-electron chi connectivity index (χ4n) is 5.71. The van der Waals surface area contributed by atoms with Crippen molar-refractivity contribution in [3.63, 3.8) is 0 Å². The van der Waals surface area contributed by atoms with Gasteiger partial charge < -0.3 is 19.7 Å². The van der Waals surface area contributed by atoms with Gasteiger partial charge in [0.05, 0.1) is 13.2 Å². The molecular weight excluding hydrogens is 486 g/mol. The summed E-state index contributed by atoms with van der Waals surface area (Å²) >= 11 is 6.01. The van der Waals surface area contributed by atoms with Gasteiger partial charge in [0.25, 0.3) is 5.91 Å². The third-order valence-corrected chi connectivity index (χ3v) is 8.20. The van der Waals surface area contributed by atoms with Crippen molar-refractivity contribution in [1.82, 2.24) is 15.1 Å². The molecule has 0 aromatic heterocycles. The number of hydrogen-bond acceptors (Lipinski definition) is 5. The zero-order valence-corrected chi connectivity index (χ0v) is 23.4. The van der Waals surface area contributed by atoms with Gasteiger partial charge in [-0.3, -0.25) is 9.69 Å². The van der Waals surface area contributed by atoms with E-state index in [2.05, 4.69) is 36.2 Å². The van der Waals surface area contributed by atoms with Crippen molar-refractivity contribution < 1.29 is 14.3 Å². The van der Waals surface area contributed by atoms with Crippen LogP contribution in [0.15, 0.2) is 36.4 Å². The Morgan fingerprint density at radius 3 is 2.59 bits per heavy atom. The number of halogens is 1. The molecule has 2 saturated heterocycles. The third kappa shape index (κ3) is 7.05. The second-order valence-electron chi connectivity index (χ2n) is 10.3. The highest BCUT2D eigenvalue weighted by Crippen LogP contribution is 2.39.